The fraction of sp³-hybridized carbons (Fsp3) is 0.214. The Bertz CT molecular complexity index is 1770. The lowest BCUT2D eigenvalue weighted by molar-refractivity contribution is 0.469. The molecule has 5 aromatic rings. The molecular formula is C28H26N4O3. The van der Waals surface area contributed by atoms with Gasteiger partial charge in [0, 0.05) is 14.1 Å². The molecule has 1 atom stereocenters. The van der Waals surface area contributed by atoms with Gasteiger partial charge in [0.2, 0.25) is 0 Å². The summed E-state index contributed by atoms with van der Waals surface area (Å²) in [6.07, 6.45) is 0. The molecule has 35 heavy (non-hydrogen) atoms. The molecule has 2 aromatic carbocycles. The third-order valence-electron chi connectivity index (χ3n) is 7.13. The van der Waals surface area contributed by atoms with Gasteiger partial charge in [-0.25, -0.2) is 4.79 Å². The number of anilines is 1. The molecule has 3 aromatic heterocycles. The maximum absolute atomic E-state index is 13.7. The van der Waals surface area contributed by atoms with Crippen LogP contribution < -0.4 is 16.6 Å². The van der Waals surface area contributed by atoms with Gasteiger partial charge in [-0.1, -0.05) is 30.3 Å². The van der Waals surface area contributed by atoms with Crippen molar-refractivity contribution in [1.29, 1.82) is 0 Å². The number of hydrogen-bond acceptors (Lipinski definition) is 4. The quantitative estimate of drug-likeness (QED) is 0.408. The van der Waals surface area contributed by atoms with Crippen molar-refractivity contribution in [1.82, 2.24) is 13.7 Å². The Hall–Kier alpha value is -4.26. The molecule has 7 nitrogen and oxygen atoms in total. The molecule has 0 spiro atoms. The Morgan fingerprint density at radius 3 is 2.29 bits per heavy atom. The van der Waals surface area contributed by atoms with Crippen LogP contribution in [0.5, 0.6) is 0 Å². The van der Waals surface area contributed by atoms with Crippen LogP contribution >= 0.6 is 0 Å². The third kappa shape index (κ3) is 2.91. The van der Waals surface area contributed by atoms with E-state index in [1.54, 1.807) is 11.6 Å². The second-order valence-corrected chi connectivity index (χ2v) is 9.34. The highest BCUT2D eigenvalue weighted by Gasteiger charge is 2.36. The van der Waals surface area contributed by atoms with E-state index in [4.69, 9.17) is 4.42 Å². The summed E-state index contributed by atoms with van der Waals surface area (Å²) in [7, 11) is 3.25. The molecule has 1 aliphatic heterocycles. The molecule has 6 rings (SSSR count). The lowest BCUT2D eigenvalue weighted by Crippen LogP contribution is -2.37. The second-order valence-electron chi connectivity index (χ2n) is 9.34. The number of furan rings is 1. The molecule has 176 valence electrons. The standard InChI is InChI=1S/C28H26N4O3/c1-15-13-19-20(14-16(15)2)32-24(18-9-7-6-8-10-18)22-25(30(4)28(34)31(5)27(22)33)26(32)23(29-19)21-12-11-17(3)35-21/h6-14,23,29H,1-5H3/t23-/m1/s1. The van der Waals surface area contributed by atoms with Crippen molar-refractivity contribution in [2.24, 2.45) is 14.1 Å². The minimum atomic E-state index is -0.393. The first-order chi connectivity index (χ1) is 16.8. The third-order valence-corrected chi connectivity index (χ3v) is 7.13. The molecule has 0 fully saturated rings. The zero-order chi connectivity index (χ0) is 24.6. The van der Waals surface area contributed by atoms with Gasteiger partial charge in [-0.15, -0.1) is 0 Å². The smallest absolute Gasteiger partial charge is 0.331 e. The molecule has 1 aliphatic rings. The van der Waals surface area contributed by atoms with Crippen molar-refractivity contribution in [3.63, 3.8) is 0 Å². The van der Waals surface area contributed by atoms with Crippen molar-refractivity contribution in [2.45, 2.75) is 26.8 Å². The van der Waals surface area contributed by atoms with Gasteiger partial charge in [-0.3, -0.25) is 13.9 Å². The Kier molecular flexibility index (Phi) is 4.48. The van der Waals surface area contributed by atoms with E-state index in [1.807, 2.05) is 49.4 Å². The summed E-state index contributed by atoms with van der Waals surface area (Å²) < 4.78 is 11.0. The number of fused-ring (bicyclic) bond motifs is 5. The lowest BCUT2D eigenvalue weighted by atomic mass is 10.0. The van der Waals surface area contributed by atoms with Crippen molar-refractivity contribution in [2.75, 3.05) is 5.32 Å². The number of rotatable bonds is 2. The first kappa shape index (κ1) is 21.3. The minimum Gasteiger partial charge on any atom is -0.464 e. The zero-order valence-electron chi connectivity index (χ0n) is 20.3. The SMILES string of the molecule is Cc1ccc([C@H]2Nc3cc(C)c(C)cc3-n3c(-c4ccccc4)c4c(=O)n(C)c(=O)n(C)c4c32)o1. The highest BCUT2D eigenvalue weighted by molar-refractivity contribution is 5.99. The van der Waals surface area contributed by atoms with Crippen LogP contribution in [0.2, 0.25) is 0 Å². The molecule has 0 aliphatic carbocycles. The van der Waals surface area contributed by atoms with Crippen molar-refractivity contribution >= 4 is 16.6 Å². The van der Waals surface area contributed by atoms with E-state index < -0.39 is 6.04 Å². The van der Waals surface area contributed by atoms with Crippen LogP contribution in [-0.4, -0.2) is 13.7 Å². The minimum absolute atomic E-state index is 0.316. The van der Waals surface area contributed by atoms with Gasteiger partial charge in [0.15, 0.2) is 0 Å². The van der Waals surface area contributed by atoms with Crippen molar-refractivity contribution < 1.29 is 4.42 Å². The Morgan fingerprint density at radius 1 is 0.886 bits per heavy atom. The average molecular weight is 467 g/mol. The van der Waals surface area contributed by atoms with E-state index >= 15 is 0 Å². The number of aromatic nitrogens is 3. The predicted molar refractivity (Wildman–Crippen MR) is 138 cm³/mol. The van der Waals surface area contributed by atoms with E-state index in [1.165, 1.54) is 11.6 Å². The van der Waals surface area contributed by atoms with Crippen molar-refractivity contribution in [3.8, 4) is 16.9 Å². The first-order valence-corrected chi connectivity index (χ1v) is 11.6. The van der Waals surface area contributed by atoms with Crippen LogP contribution in [0.25, 0.3) is 27.8 Å². The summed E-state index contributed by atoms with van der Waals surface area (Å²) in [6, 6.07) is 17.6. The molecule has 0 saturated heterocycles. The van der Waals surface area contributed by atoms with Crippen LogP contribution in [0.4, 0.5) is 5.69 Å². The molecule has 0 radical (unpaired) electrons. The van der Waals surface area contributed by atoms with Gasteiger partial charge >= 0.3 is 5.69 Å². The van der Waals surface area contributed by atoms with Crippen LogP contribution in [0.3, 0.4) is 0 Å². The second kappa shape index (κ2) is 7.37. The molecule has 4 heterocycles. The molecule has 7 heteroatoms. The number of benzene rings is 2. The average Bonchev–Trinajstić information content (AvgIpc) is 3.44. The summed E-state index contributed by atoms with van der Waals surface area (Å²) in [4.78, 5) is 26.8. The molecular weight excluding hydrogens is 440 g/mol. The zero-order valence-corrected chi connectivity index (χ0v) is 20.3. The Labute approximate surface area is 201 Å². The van der Waals surface area contributed by atoms with Crippen molar-refractivity contribution in [3.05, 3.63) is 104 Å². The number of nitrogens with zero attached hydrogens (tertiary/aromatic N) is 3. The number of hydrogen-bond donors (Lipinski definition) is 1. The normalized spacial score (nSPS) is 14.6. The summed E-state index contributed by atoms with van der Waals surface area (Å²) in [6.45, 7) is 6.08. The summed E-state index contributed by atoms with van der Waals surface area (Å²) in [5, 5.41) is 4.16. The monoisotopic (exact) mass is 466 g/mol. The van der Waals surface area contributed by atoms with E-state index in [2.05, 4.69) is 35.9 Å². The highest BCUT2D eigenvalue weighted by Crippen LogP contribution is 2.46. The molecule has 0 saturated carbocycles. The van der Waals surface area contributed by atoms with Gasteiger partial charge in [-0.05, 0) is 61.7 Å². The fourth-order valence-electron chi connectivity index (χ4n) is 5.22. The van der Waals surface area contributed by atoms with E-state index in [0.717, 1.165) is 51.0 Å². The molecule has 0 bridgehead atoms. The van der Waals surface area contributed by atoms with Gasteiger partial charge in [0.25, 0.3) is 5.56 Å². The van der Waals surface area contributed by atoms with Gasteiger partial charge in [0.1, 0.15) is 17.6 Å². The topological polar surface area (TPSA) is 74.1 Å². The predicted octanol–water partition coefficient (Wildman–Crippen LogP) is 4.73. The van der Waals surface area contributed by atoms with Crippen LogP contribution in [0.15, 0.2) is 68.6 Å². The van der Waals surface area contributed by atoms with Crippen LogP contribution in [-0.2, 0) is 14.1 Å². The van der Waals surface area contributed by atoms with Crippen LogP contribution in [0.1, 0.15) is 34.4 Å². The summed E-state index contributed by atoms with van der Waals surface area (Å²) >= 11 is 0. The van der Waals surface area contributed by atoms with Gasteiger partial charge in [0.05, 0.1) is 33.7 Å². The van der Waals surface area contributed by atoms with Gasteiger partial charge < -0.3 is 14.3 Å². The van der Waals surface area contributed by atoms with E-state index in [-0.39, 0.29) is 11.2 Å². The molecule has 0 amide bonds. The summed E-state index contributed by atoms with van der Waals surface area (Å²) in [5.41, 5.74) is 6.59. The summed E-state index contributed by atoms with van der Waals surface area (Å²) in [5.74, 6) is 1.52. The fourth-order valence-corrected chi connectivity index (χ4v) is 5.22. The lowest BCUT2D eigenvalue weighted by Gasteiger charge is -2.30. The highest BCUT2D eigenvalue weighted by atomic mass is 16.3. The maximum atomic E-state index is 13.7. The maximum Gasteiger partial charge on any atom is 0.331 e. The molecule has 1 N–H and O–H groups in total. The van der Waals surface area contributed by atoms with E-state index in [9.17, 15) is 9.59 Å². The first-order valence-electron chi connectivity index (χ1n) is 11.6. The Morgan fingerprint density at radius 2 is 1.60 bits per heavy atom. The Balaban J connectivity index is 1.89. The number of nitrogens with one attached hydrogen (secondary N) is 1. The number of aryl methyl sites for hydroxylation is 4. The van der Waals surface area contributed by atoms with E-state index in [0.29, 0.717) is 10.9 Å². The van der Waals surface area contributed by atoms with Crippen LogP contribution in [0, 0.1) is 20.8 Å². The van der Waals surface area contributed by atoms with Gasteiger partial charge in [-0.2, -0.15) is 0 Å². The molecule has 0 unspecified atom stereocenters. The largest absolute Gasteiger partial charge is 0.464 e.